The second-order valence-electron chi connectivity index (χ2n) is 4.85. The summed E-state index contributed by atoms with van der Waals surface area (Å²) >= 11 is 0. The second kappa shape index (κ2) is 8.08. The summed E-state index contributed by atoms with van der Waals surface area (Å²) in [6.07, 6.45) is 3.82. The fourth-order valence-corrected chi connectivity index (χ4v) is 2.35. The molecule has 2 N–H and O–H groups in total. The van der Waals surface area contributed by atoms with Crippen LogP contribution < -0.4 is 5.32 Å². The molecule has 1 rings (SSSR count). The van der Waals surface area contributed by atoms with Crippen LogP contribution in [-0.4, -0.2) is 48.1 Å². The van der Waals surface area contributed by atoms with E-state index in [2.05, 4.69) is 5.32 Å². The van der Waals surface area contributed by atoms with Crippen molar-refractivity contribution in [2.75, 3.05) is 26.2 Å². The summed E-state index contributed by atoms with van der Waals surface area (Å²) in [4.78, 5) is 24.1. The first-order chi connectivity index (χ1) is 8.63. The van der Waals surface area contributed by atoms with Gasteiger partial charge in [-0.2, -0.15) is 0 Å². The van der Waals surface area contributed by atoms with Crippen LogP contribution in [0.3, 0.4) is 0 Å². The highest BCUT2D eigenvalue weighted by Gasteiger charge is 2.17. The van der Waals surface area contributed by atoms with Crippen molar-refractivity contribution in [1.82, 2.24) is 10.2 Å². The van der Waals surface area contributed by atoms with Gasteiger partial charge in [0.25, 0.3) is 0 Å². The van der Waals surface area contributed by atoms with Gasteiger partial charge in [-0.25, -0.2) is 0 Å². The first-order valence-electron chi connectivity index (χ1n) is 6.83. The smallest absolute Gasteiger partial charge is 0.305 e. The SMILES string of the molecule is CCN(CCC(=O)O)C(=O)CCC1CCNCC1. The van der Waals surface area contributed by atoms with E-state index in [1.807, 2.05) is 6.92 Å². The molecule has 0 spiro atoms. The number of nitrogens with one attached hydrogen (secondary N) is 1. The van der Waals surface area contributed by atoms with E-state index >= 15 is 0 Å². The molecular formula is C13H24N2O3. The highest BCUT2D eigenvalue weighted by Crippen LogP contribution is 2.18. The van der Waals surface area contributed by atoms with Gasteiger partial charge in [0.05, 0.1) is 6.42 Å². The Balaban J connectivity index is 2.25. The number of carboxylic acids is 1. The number of aliphatic carboxylic acids is 1. The number of carbonyl (C=O) groups is 2. The molecule has 1 saturated heterocycles. The van der Waals surface area contributed by atoms with E-state index in [4.69, 9.17) is 5.11 Å². The third-order valence-corrected chi connectivity index (χ3v) is 3.56. The van der Waals surface area contributed by atoms with E-state index in [0.717, 1.165) is 32.4 Å². The van der Waals surface area contributed by atoms with Gasteiger partial charge in [0.2, 0.25) is 5.91 Å². The molecule has 0 aliphatic carbocycles. The Hall–Kier alpha value is -1.10. The summed E-state index contributed by atoms with van der Waals surface area (Å²) < 4.78 is 0. The van der Waals surface area contributed by atoms with E-state index in [1.54, 1.807) is 4.90 Å². The van der Waals surface area contributed by atoms with E-state index in [1.165, 1.54) is 0 Å². The van der Waals surface area contributed by atoms with Crippen molar-refractivity contribution in [2.45, 2.75) is 39.0 Å². The zero-order valence-corrected chi connectivity index (χ0v) is 11.2. The molecule has 0 aromatic carbocycles. The lowest BCUT2D eigenvalue weighted by atomic mass is 9.93. The third kappa shape index (κ3) is 5.49. The van der Waals surface area contributed by atoms with Crippen LogP contribution >= 0.6 is 0 Å². The van der Waals surface area contributed by atoms with E-state index < -0.39 is 5.97 Å². The molecule has 0 aromatic heterocycles. The molecule has 0 saturated carbocycles. The number of rotatable bonds is 7. The topological polar surface area (TPSA) is 69.6 Å². The molecule has 5 heteroatoms. The van der Waals surface area contributed by atoms with Crippen molar-refractivity contribution in [3.8, 4) is 0 Å². The van der Waals surface area contributed by atoms with Gasteiger partial charge in [0.1, 0.15) is 0 Å². The molecule has 1 aliphatic heterocycles. The van der Waals surface area contributed by atoms with Gasteiger partial charge in [-0.05, 0) is 45.2 Å². The van der Waals surface area contributed by atoms with Crippen molar-refractivity contribution in [2.24, 2.45) is 5.92 Å². The minimum absolute atomic E-state index is 0.0347. The van der Waals surface area contributed by atoms with Gasteiger partial charge < -0.3 is 15.3 Å². The van der Waals surface area contributed by atoms with Crippen molar-refractivity contribution < 1.29 is 14.7 Å². The molecule has 0 unspecified atom stereocenters. The molecule has 0 bridgehead atoms. The Labute approximate surface area is 109 Å². The summed E-state index contributed by atoms with van der Waals surface area (Å²) in [5, 5.41) is 11.9. The van der Waals surface area contributed by atoms with Gasteiger partial charge in [-0.1, -0.05) is 0 Å². The lowest BCUT2D eigenvalue weighted by Crippen LogP contribution is -2.34. The first kappa shape index (κ1) is 15.0. The van der Waals surface area contributed by atoms with Crippen LogP contribution in [0.2, 0.25) is 0 Å². The van der Waals surface area contributed by atoms with Crippen LogP contribution in [0, 0.1) is 5.92 Å². The first-order valence-corrected chi connectivity index (χ1v) is 6.83. The number of carbonyl (C=O) groups excluding carboxylic acids is 1. The van der Waals surface area contributed by atoms with Crippen LogP contribution in [0.4, 0.5) is 0 Å². The lowest BCUT2D eigenvalue weighted by molar-refractivity contribution is -0.138. The maximum Gasteiger partial charge on any atom is 0.305 e. The van der Waals surface area contributed by atoms with Gasteiger partial charge in [0, 0.05) is 19.5 Å². The quantitative estimate of drug-likeness (QED) is 0.715. The fraction of sp³-hybridized carbons (Fsp3) is 0.846. The normalized spacial score (nSPS) is 16.5. The zero-order chi connectivity index (χ0) is 13.4. The molecule has 1 heterocycles. The maximum absolute atomic E-state index is 11.9. The predicted molar refractivity (Wildman–Crippen MR) is 69.3 cm³/mol. The summed E-state index contributed by atoms with van der Waals surface area (Å²) in [7, 11) is 0. The monoisotopic (exact) mass is 256 g/mol. The van der Waals surface area contributed by atoms with Crippen LogP contribution in [0.1, 0.15) is 39.0 Å². The fourth-order valence-electron chi connectivity index (χ4n) is 2.35. The van der Waals surface area contributed by atoms with Crippen LogP contribution in [0.25, 0.3) is 0 Å². The van der Waals surface area contributed by atoms with Gasteiger partial charge in [0.15, 0.2) is 0 Å². The number of hydrogen-bond acceptors (Lipinski definition) is 3. The van der Waals surface area contributed by atoms with Crippen LogP contribution in [-0.2, 0) is 9.59 Å². The molecular weight excluding hydrogens is 232 g/mol. The number of carboxylic acid groups (broad SMARTS) is 1. The van der Waals surface area contributed by atoms with Crippen LogP contribution in [0.5, 0.6) is 0 Å². The third-order valence-electron chi connectivity index (χ3n) is 3.56. The molecule has 18 heavy (non-hydrogen) atoms. The number of nitrogens with zero attached hydrogens (tertiary/aromatic N) is 1. The minimum Gasteiger partial charge on any atom is -0.481 e. The number of hydrogen-bond donors (Lipinski definition) is 2. The molecule has 0 atom stereocenters. The predicted octanol–water partition coefficient (Wildman–Crippen LogP) is 1.09. The van der Waals surface area contributed by atoms with Crippen LogP contribution in [0.15, 0.2) is 0 Å². The van der Waals surface area contributed by atoms with Crippen molar-refractivity contribution in [3.63, 3.8) is 0 Å². The molecule has 104 valence electrons. The molecule has 1 aliphatic rings. The summed E-state index contributed by atoms with van der Waals surface area (Å²) in [6.45, 7) is 4.92. The molecule has 0 radical (unpaired) electrons. The van der Waals surface area contributed by atoms with Crippen molar-refractivity contribution in [1.29, 1.82) is 0 Å². The molecule has 0 aromatic rings. The van der Waals surface area contributed by atoms with Crippen molar-refractivity contribution in [3.05, 3.63) is 0 Å². The van der Waals surface area contributed by atoms with E-state index in [-0.39, 0.29) is 12.3 Å². The summed E-state index contributed by atoms with van der Waals surface area (Å²) in [5.41, 5.74) is 0. The minimum atomic E-state index is -0.848. The van der Waals surface area contributed by atoms with Gasteiger partial charge >= 0.3 is 5.97 Å². The number of amides is 1. The Morgan fingerprint density at radius 1 is 1.28 bits per heavy atom. The average Bonchev–Trinajstić information content (AvgIpc) is 2.38. The highest BCUT2D eigenvalue weighted by atomic mass is 16.4. The second-order valence-corrected chi connectivity index (χ2v) is 4.85. The highest BCUT2D eigenvalue weighted by molar-refractivity contribution is 5.77. The Bertz CT molecular complexity index is 275. The molecule has 1 fully saturated rings. The van der Waals surface area contributed by atoms with Gasteiger partial charge in [-0.3, -0.25) is 9.59 Å². The average molecular weight is 256 g/mol. The Morgan fingerprint density at radius 3 is 2.50 bits per heavy atom. The standard InChI is InChI=1S/C13H24N2O3/c1-2-15(10-7-13(17)18)12(16)4-3-11-5-8-14-9-6-11/h11,14H,2-10H2,1H3,(H,17,18). The number of piperidine rings is 1. The molecule has 5 nitrogen and oxygen atoms in total. The Morgan fingerprint density at radius 2 is 1.94 bits per heavy atom. The zero-order valence-electron chi connectivity index (χ0n) is 11.2. The largest absolute Gasteiger partial charge is 0.481 e. The Kier molecular flexibility index (Phi) is 6.72. The lowest BCUT2D eigenvalue weighted by Gasteiger charge is -2.24. The summed E-state index contributed by atoms with van der Waals surface area (Å²) in [5.74, 6) is -0.106. The van der Waals surface area contributed by atoms with Crippen molar-refractivity contribution >= 4 is 11.9 Å². The van der Waals surface area contributed by atoms with E-state index in [0.29, 0.717) is 25.4 Å². The van der Waals surface area contributed by atoms with E-state index in [9.17, 15) is 9.59 Å². The maximum atomic E-state index is 11.9. The van der Waals surface area contributed by atoms with Gasteiger partial charge in [-0.15, -0.1) is 0 Å². The molecule has 1 amide bonds. The summed E-state index contributed by atoms with van der Waals surface area (Å²) in [6, 6.07) is 0.